The van der Waals surface area contributed by atoms with Crippen LogP contribution in [-0.4, -0.2) is 10.8 Å². The van der Waals surface area contributed by atoms with E-state index < -0.39 is 0 Å². The molecule has 0 aliphatic carbocycles. The molecule has 0 aliphatic rings. The van der Waals surface area contributed by atoms with E-state index >= 15 is 0 Å². The van der Waals surface area contributed by atoms with Gasteiger partial charge >= 0.3 is 0 Å². The molecule has 2 aromatic rings. The number of halogens is 1. The Hall–Kier alpha value is -1.64. The highest BCUT2D eigenvalue weighted by atomic mass is 19.1. The molecule has 0 unspecified atom stereocenters. The summed E-state index contributed by atoms with van der Waals surface area (Å²) in [5.41, 5.74) is 2.66. The Labute approximate surface area is 87.1 Å². The van der Waals surface area contributed by atoms with Crippen molar-refractivity contribution in [1.82, 2.24) is 4.98 Å². The van der Waals surface area contributed by atoms with Crippen LogP contribution in [0, 0.1) is 12.7 Å². The standard InChI is InChI=1S/C12H12FNO/c1-7(15)5-11-8(2)14-12-6-9(13)3-4-10(11)12/h3-4,6,14H,5H2,1-2H3. The molecule has 0 spiro atoms. The maximum Gasteiger partial charge on any atom is 0.134 e. The molecule has 2 rings (SSSR count). The van der Waals surface area contributed by atoms with Crippen molar-refractivity contribution in [3.05, 3.63) is 35.3 Å². The Morgan fingerprint density at radius 3 is 2.87 bits per heavy atom. The minimum atomic E-state index is -0.266. The number of aromatic amines is 1. The third-order valence-electron chi connectivity index (χ3n) is 2.51. The maximum atomic E-state index is 13.0. The first-order valence-corrected chi connectivity index (χ1v) is 4.84. The third kappa shape index (κ3) is 1.77. The Balaban J connectivity index is 2.63. The molecule has 3 heteroatoms. The molecular weight excluding hydrogens is 193 g/mol. The molecule has 2 nitrogen and oxygen atoms in total. The van der Waals surface area contributed by atoms with E-state index in [4.69, 9.17) is 0 Å². The molecule has 0 saturated heterocycles. The van der Waals surface area contributed by atoms with Gasteiger partial charge in [-0.15, -0.1) is 0 Å². The summed E-state index contributed by atoms with van der Waals surface area (Å²) in [4.78, 5) is 14.2. The topological polar surface area (TPSA) is 32.9 Å². The Kier molecular flexibility index (Phi) is 2.31. The van der Waals surface area contributed by atoms with E-state index in [-0.39, 0.29) is 11.6 Å². The van der Waals surface area contributed by atoms with Crippen LogP contribution in [0.15, 0.2) is 18.2 Å². The van der Waals surface area contributed by atoms with Crippen molar-refractivity contribution in [3.8, 4) is 0 Å². The summed E-state index contributed by atoms with van der Waals surface area (Å²) >= 11 is 0. The number of hydrogen-bond acceptors (Lipinski definition) is 1. The molecule has 0 aliphatic heterocycles. The van der Waals surface area contributed by atoms with Crippen LogP contribution in [0.25, 0.3) is 10.9 Å². The van der Waals surface area contributed by atoms with Crippen molar-refractivity contribution < 1.29 is 9.18 Å². The SMILES string of the molecule is CC(=O)Cc1c(C)[nH]c2cc(F)ccc12. The molecule has 15 heavy (non-hydrogen) atoms. The number of nitrogens with one attached hydrogen (secondary N) is 1. The summed E-state index contributed by atoms with van der Waals surface area (Å²) in [6.45, 7) is 3.46. The van der Waals surface area contributed by atoms with Gasteiger partial charge in [-0.25, -0.2) is 4.39 Å². The Morgan fingerprint density at radius 1 is 1.47 bits per heavy atom. The van der Waals surface area contributed by atoms with Gasteiger partial charge in [-0.05, 0) is 37.6 Å². The lowest BCUT2D eigenvalue weighted by atomic mass is 10.1. The molecule has 0 atom stereocenters. The van der Waals surface area contributed by atoms with Crippen molar-refractivity contribution in [3.63, 3.8) is 0 Å². The van der Waals surface area contributed by atoms with Gasteiger partial charge in [0, 0.05) is 23.0 Å². The maximum absolute atomic E-state index is 13.0. The molecule has 0 fully saturated rings. The van der Waals surface area contributed by atoms with Crippen LogP contribution in [0.3, 0.4) is 0 Å². The first-order valence-electron chi connectivity index (χ1n) is 4.84. The number of fused-ring (bicyclic) bond motifs is 1. The minimum Gasteiger partial charge on any atom is -0.358 e. The summed E-state index contributed by atoms with van der Waals surface area (Å²) in [5, 5.41) is 0.934. The van der Waals surface area contributed by atoms with Crippen molar-refractivity contribution >= 4 is 16.7 Å². The second-order valence-corrected chi connectivity index (χ2v) is 3.80. The quantitative estimate of drug-likeness (QED) is 0.803. The van der Waals surface area contributed by atoms with Crippen LogP contribution < -0.4 is 0 Å². The number of aryl methyl sites for hydroxylation is 1. The fraction of sp³-hybridized carbons (Fsp3) is 0.250. The molecule has 0 saturated carbocycles. The summed E-state index contributed by atoms with van der Waals surface area (Å²) in [6, 6.07) is 4.58. The van der Waals surface area contributed by atoms with Crippen LogP contribution in [0.4, 0.5) is 4.39 Å². The highest BCUT2D eigenvalue weighted by molar-refractivity contribution is 5.90. The van der Waals surface area contributed by atoms with E-state index in [1.54, 1.807) is 13.0 Å². The van der Waals surface area contributed by atoms with Crippen LogP contribution >= 0.6 is 0 Å². The molecule has 1 heterocycles. The van der Waals surface area contributed by atoms with Gasteiger partial charge in [0.25, 0.3) is 0 Å². The van der Waals surface area contributed by atoms with E-state index in [0.717, 1.165) is 22.2 Å². The fourth-order valence-electron chi connectivity index (χ4n) is 1.84. The van der Waals surface area contributed by atoms with Gasteiger partial charge < -0.3 is 4.98 Å². The van der Waals surface area contributed by atoms with Crippen molar-refractivity contribution in [2.45, 2.75) is 20.3 Å². The molecule has 0 radical (unpaired) electrons. The van der Waals surface area contributed by atoms with Crippen LogP contribution in [-0.2, 0) is 11.2 Å². The van der Waals surface area contributed by atoms with Crippen molar-refractivity contribution in [1.29, 1.82) is 0 Å². The number of ketones is 1. The number of H-pyrrole nitrogens is 1. The lowest BCUT2D eigenvalue weighted by Gasteiger charge is -1.97. The van der Waals surface area contributed by atoms with Gasteiger partial charge in [0.1, 0.15) is 11.6 Å². The van der Waals surface area contributed by atoms with Gasteiger partial charge in [0.15, 0.2) is 0 Å². The first-order chi connectivity index (χ1) is 7.08. The van der Waals surface area contributed by atoms with Crippen LogP contribution in [0.1, 0.15) is 18.2 Å². The zero-order valence-electron chi connectivity index (χ0n) is 8.73. The fourth-order valence-corrected chi connectivity index (χ4v) is 1.84. The molecule has 1 aromatic heterocycles. The van der Waals surface area contributed by atoms with E-state index in [1.165, 1.54) is 12.1 Å². The Morgan fingerprint density at radius 2 is 2.20 bits per heavy atom. The minimum absolute atomic E-state index is 0.114. The van der Waals surface area contributed by atoms with Gasteiger partial charge in [-0.1, -0.05) is 0 Å². The summed E-state index contributed by atoms with van der Waals surface area (Å²) in [7, 11) is 0. The number of aromatic nitrogens is 1. The molecule has 1 N–H and O–H groups in total. The third-order valence-corrected chi connectivity index (χ3v) is 2.51. The number of benzene rings is 1. The second-order valence-electron chi connectivity index (χ2n) is 3.80. The number of hydrogen-bond donors (Lipinski definition) is 1. The average Bonchev–Trinajstić information content (AvgIpc) is 2.41. The lowest BCUT2D eigenvalue weighted by Crippen LogP contribution is -1.96. The average molecular weight is 205 g/mol. The normalized spacial score (nSPS) is 10.9. The summed E-state index contributed by atoms with van der Waals surface area (Å²) in [5.74, 6) is -0.151. The van der Waals surface area contributed by atoms with Crippen LogP contribution in [0.5, 0.6) is 0 Å². The van der Waals surface area contributed by atoms with Crippen molar-refractivity contribution in [2.24, 2.45) is 0 Å². The van der Waals surface area contributed by atoms with E-state index in [2.05, 4.69) is 4.98 Å². The highest BCUT2D eigenvalue weighted by Crippen LogP contribution is 2.23. The number of Topliss-reactive ketones (excluding diaryl/α,β-unsaturated/α-hetero) is 1. The van der Waals surface area contributed by atoms with E-state index in [0.29, 0.717) is 6.42 Å². The molecule has 1 aromatic carbocycles. The summed E-state index contributed by atoms with van der Waals surface area (Å²) < 4.78 is 13.0. The van der Waals surface area contributed by atoms with Gasteiger partial charge in [-0.2, -0.15) is 0 Å². The molecule has 0 amide bonds. The van der Waals surface area contributed by atoms with E-state index in [9.17, 15) is 9.18 Å². The van der Waals surface area contributed by atoms with Gasteiger partial charge in [-0.3, -0.25) is 4.79 Å². The molecular formula is C12H12FNO. The predicted molar refractivity (Wildman–Crippen MR) is 57.4 cm³/mol. The van der Waals surface area contributed by atoms with Gasteiger partial charge in [0.2, 0.25) is 0 Å². The highest BCUT2D eigenvalue weighted by Gasteiger charge is 2.10. The Bertz CT molecular complexity index is 528. The zero-order valence-corrected chi connectivity index (χ0v) is 8.73. The zero-order chi connectivity index (χ0) is 11.0. The molecule has 0 bridgehead atoms. The number of carbonyl (C=O) groups is 1. The number of carbonyl (C=O) groups excluding carboxylic acids is 1. The monoisotopic (exact) mass is 205 g/mol. The smallest absolute Gasteiger partial charge is 0.134 e. The van der Waals surface area contributed by atoms with Crippen molar-refractivity contribution in [2.75, 3.05) is 0 Å². The molecule has 78 valence electrons. The summed E-state index contributed by atoms with van der Waals surface area (Å²) in [6.07, 6.45) is 0.400. The first kappa shape index (κ1) is 9.90. The second kappa shape index (κ2) is 3.50. The lowest BCUT2D eigenvalue weighted by molar-refractivity contribution is -0.116. The van der Waals surface area contributed by atoms with Crippen LogP contribution in [0.2, 0.25) is 0 Å². The largest absolute Gasteiger partial charge is 0.358 e. The van der Waals surface area contributed by atoms with Gasteiger partial charge in [0.05, 0.1) is 0 Å². The number of rotatable bonds is 2. The predicted octanol–water partition coefficient (Wildman–Crippen LogP) is 2.75. The van der Waals surface area contributed by atoms with E-state index in [1.807, 2.05) is 6.92 Å².